The predicted molar refractivity (Wildman–Crippen MR) is 68.7 cm³/mol. The van der Waals surface area contributed by atoms with Crippen LogP contribution in [0.5, 0.6) is 0 Å². The number of hydrogen-bond acceptors (Lipinski definition) is 3. The fraction of sp³-hybridized carbons (Fsp3) is 0.462. The predicted octanol–water partition coefficient (Wildman–Crippen LogP) is 2.15. The van der Waals surface area contributed by atoms with Gasteiger partial charge in [-0.2, -0.15) is 0 Å². The average Bonchev–Trinajstić information content (AvgIpc) is 2.29. The van der Waals surface area contributed by atoms with Crippen molar-refractivity contribution in [2.45, 2.75) is 19.0 Å². The summed E-state index contributed by atoms with van der Waals surface area (Å²) in [6.07, 6.45) is 0.0169. The third-order valence-corrected chi connectivity index (χ3v) is 3.29. The molecule has 1 heterocycles. The monoisotopic (exact) mass is 287 g/mol. The lowest BCUT2D eigenvalue weighted by Crippen LogP contribution is -2.45. The van der Waals surface area contributed by atoms with Crippen LogP contribution < -0.4 is 0 Å². The van der Waals surface area contributed by atoms with Crippen LogP contribution in [0, 0.1) is 5.82 Å². The minimum absolute atomic E-state index is 0.0169. The van der Waals surface area contributed by atoms with Crippen LogP contribution in [-0.4, -0.2) is 41.8 Å². The first kappa shape index (κ1) is 14.2. The van der Waals surface area contributed by atoms with Crippen molar-refractivity contribution in [2.24, 2.45) is 0 Å². The van der Waals surface area contributed by atoms with Gasteiger partial charge in [0.2, 0.25) is 0 Å². The van der Waals surface area contributed by atoms with Gasteiger partial charge in [-0.15, -0.1) is 0 Å². The Morgan fingerprint density at radius 2 is 2.32 bits per heavy atom. The van der Waals surface area contributed by atoms with Crippen LogP contribution in [0.3, 0.4) is 0 Å². The summed E-state index contributed by atoms with van der Waals surface area (Å²) in [5.74, 6) is -1.25. The molecular formula is C13H15ClFNO3. The Labute approximate surface area is 115 Å². The molecule has 0 radical (unpaired) electrons. The van der Waals surface area contributed by atoms with Crippen LogP contribution in [0.15, 0.2) is 18.2 Å². The average molecular weight is 288 g/mol. The van der Waals surface area contributed by atoms with Crippen molar-refractivity contribution < 1.29 is 19.0 Å². The molecule has 19 heavy (non-hydrogen) atoms. The third kappa shape index (κ3) is 4.16. The summed E-state index contributed by atoms with van der Waals surface area (Å²) < 4.78 is 18.6. The molecule has 0 aromatic heterocycles. The van der Waals surface area contributed by atoms with E-state index in [4.69, 9.17) is 21.4 Å². The van der Waals surface area contributed by atoms with E-state index in [9.17, 15) is 9.18 Å². The van der Waals surface area contributed by atoms with Gasteiger partial charge in [0, 0.05) is 24.2 Å². The van der Waals surface area contributed by atoms with Gasteiger partial charge in [-0.05, 0) is 23.8 Å². The summed E-state index contributed by atoms with van der Waals surface area (Å²) in [6, 6.07) is 4.17. The van der Waals surface area contributed by atoms with Crippen LogP contribution in [0.1, 0.15) is 12.0 Å². The fourth-order valence-electron chi connectivity index (χ4n) is 2.22. The molecule has 104 valence electrons. The molecule has 0 saturated carbocycles. The van der Waals surface area contributed by atoms with E-state index in [0.29, 0.717) is 31.3 Å². The summed E-state index contributed by atoms with van der Waals surface area (Å²) in [5, 5.41) is 9.22. The largest absolute Gasteiger partial charge is 0.481 e. The lowest BCUT2D eigenvalue weighted by Gasteiger charge is -2.34. The molecule has 0 spiro atoms. The number of ether oxygens (including phenoxy) is 1. The second-order valence-electron chi connectivity index (χ2n) is 4.57. The summed E-state index contributed by atoms with van der Waals surface area (Å²) >= 11 is 5.81. The highest BCUT2D eigenvalue weighted by Gasteiger charge is 2.25. The number of carboxylic acids is 1. The highest BCUT2D eigenvalue weighted by atomic mass is 35.5. The van der Waals surface area contributed by atoms with Crippen LogP contribution in [-0.2, 0) is 16.1 Å². The zero-order valence-corrected chi connectivity index (χ0v) is 11.1. The molecular weight excluding hydrogens is 273 g/mol. The van der Waals surface area contributed by atoms with E-state index in [-0.39, 0.29) is 18.3 Å². The number of rotatable bonds is 4. The zero-order chi connectivity index (χ0) is 13.8. The van der Waals surface area contributed by atoms with Crippen molar-refractivity contribution in [1.82, 2.24) is 4.90 Å². The number of morpholine rings is 1. The fourth-order valence-corrected chi connectivity index (χ4v) is 2.47. The number of benzene rings is 1. The smallest absolute Gasteiger partial charge is 0.305 e. The summed E-state index contributed by atoms with van der Waals surface area (Å²) in [7, 11) is 0. The van der Waals surface area contributed by atoms with Gasteiger partial charge in [0.25, 0.3) is 0 Å². The molecule has 6 heteroatoms. The van der Waals surface area contributed by atoms with E-state index < -0.39 is 5.97 Å². The Hall–Kier alpha value is -1.17. The van der Waals surface area contributed by atoms with E-state index in [1.165, 1.54) is 12.1 Å². The molecule has 1 aliphatic heterocycles. The van der Waals surface area contributed by atoms with Crippen molar-refractivity contribution in [1.29, 1.82) is 0 Å². The topological polar surface area (TPSA) is 49.8 Å². The second-order valence-corrected chi connectivity index (χ2v) is 5.01. The molecule has 0 aliphatic carbocycles. The van der Waals surface area contributed by atoms with Crippen molar-refractivity contribution in [3.63, 3.8) is 0 Å². The molecule has 1 aromatic carbocycles. The van der Waals surface area contributed by atoms with E-state index in [1.54, 1.807) is 6.07 Å². The maximum absolute atomic E-state index is 13.3. The van der Waals surface area contributed by atoms with Crippen molar-refractivity contribution in [3.8, 4) is 0 Å². The highest BCUT2D eigenvalue weighted by molar-refractivity contribution is 6.30. The van der Waals surface area contributed by atoms with E-state index in [2.05, 4.69) is 0 Å². The Morgan fingerprint density at radius 3 is 3.00 bits per heavy atom. The Bertz CT molecular complexity index is 449. The molecule has 1 aromatic rings. The molecule has 2 rings (SSSR count). The molecule has 4 nitrogen and oxygen atoms in total. The lowest BCUT2D eigenvalue weighted by molar-refractivity contribution is -0.140. The standard InChI is InChI=1S/C13H15ClFNO3/c14-10-3-9(4-11(15)5-10)7-16-1-2-19-8-12(16)6-13(17)18/h3-5,12H,1-2,6-8H2,(H,17,18). The SMILES string of the molecule is O=C(O)CC1COCCN1Cc1cc(F)cc(Cl)c1. The molecule has 1 atom stereocenters. The summed E-state index contributed by atoms with van der Waals surface area (Å²) in [5.41, 5.74) is 0.738. The minimum Gasteiger partial charge on any atom is -0.481 e. The first-order valence-electron chi connectivity index (χ1n) is 6.03. The Balaban J connectivity index is 2.08. The zero-order valence-electron chi connectivity index (χ0n) is 10.3. The van der Waals surface area contributed by atoms with E-state index >= 15 is 0 Å². The van der Waals surface area contributed by atoms with E-state index in [1.807, 2.05) is 4.90 Å². The second kappa shape index (κ2) is 6.32. The van der Waals surface area contributed by atoms with Gasteiger partial charge < -0.3 is 9.84 Å². The van der Waals surface area contributed by atoms with Gasteiger partial charge in [-0.25, -0.2) is 4.39 Å². The number of carboxylic acid groups (broad SMARTS) is 1. The van der Waals surface area contributed by atoms with Gasteiger partial charge in [-0.1, -0.05) is 11.6 Å². The van der Waals surface area contributed by atoms with Gasteiger partial charge >= 0.3 is 5.97 Å². The Morgan fingerprint density at radius 1 is 1.53 bits per heavy atom. The van der Waals surface area contributed by atoms with Gasteiger partial charge in [0.15, 0.2) is 0 Å². The molecule has 1 unspecified atom stereocenters. The van der Waals surface area contributed by atoms with Crippen molar-refractivity contribution in [3.05, 3.63) is 34.6 Å². The maximum Gasteiger partial charge on any atom is 0.305 e. The van der Waals surface area contributed by atoms with E-state index in [0.717, 1.165) is 5.56 Å². The lowest BCUT2D eigenvalue weighted by atomic mass is 10.1. The number of halogens is 2. The summed E-state index contributed by atoms with van der Waals surface area (Å²) in [4.78, 5) is 12.8. The summed E-state index contributed by atoms with van der Waals surface area (Å²) in [6.45, 7) is 2.04. The van der Waals surface area contributed by atoms with Crippen LogP contribution >= 0.6 is 11.6 Å². The quantitative estimate of drug-likeness (QED) is 0.922. The molecule has 0 bridgehead atoms. The number of hydrogen-bond donors (Lipinski definition) is 1. The maximum atomic E-state index is 13.3. The van der Waals surface area contributed by atoms with Crippen LogP contribution in [0.4, 0.5) is 4.39 Å². The van der Waals surface area contributed by atoms with Crippen molar-refractivity contribution in [2.75, 3.05) is 19.8 Å². The first-order valence-corrected chi connectivity index (χ1v) is 6.41. The molecule has 1 N–H and O–H groups in total. The van der Waals surface area contributed by atoms with Crippen LogP contribution in [0.2, 0.25) is 5.02 Å². The molecule has 1 saturated heterocycles. The third-order valence-electron chi connectivity index (χ3n) is 3.07. The van der Waals surface area contributed by atoms with Gasteiger partial charge in [-0.3, -0.25) is 9.69 Å². The van der Waals surface area contributed by atoms with Gasteiger partial charge in [0.05, 0.1) is 19.6 Å². The normalized spacial score (nSPS) is 20.4. The van der Waals surface area contributed by atoms with Crippen LogP contribution in [0.25, 0.3) is 0 Å². The molecule has 0 amide bonds. The number of aliphatic carboxylic acids is 1. The highest BCUT2D eigenvalue weighted by Crippen LogP contribution is 2.19. The number of carbonyl (C=O) groups is 1. The minimum atomic E-state index is -0.863. The van der Waals surface area contributed by atoms with Crippen molar-refractivity contribution >= 4 is 17.6 Å². The molecule has 1 aliphatic rings. The first-order chi connectivity index (χ1) is 9.04. The Kier molecular flexibility index (Phi) is 4.74. The molecule has 1 fully saturated rings. The number of nitrogens with zero attached hydrogens (tertiary/aromatic N) is 1. The van der Waals surface area contributed by atoms with Gasteiger partial charge in [0.1, 0.15) is 5.82 Å².